The van der Waals surface area contributed by atoms with Crippen LogP contribution in [0.15, 0.2) is 42.5 Å². The first kappa shape index (κ1) is 12.4. The molecule has 21 heavy (non-hydrogen) atoms. The summed E-state index contributed by atoms with van der Waals surface area (Å²) >= 11 is 0. The van der Waals surface area contributed by atoms with Gasteiger partial charge in [-0.3, -0.25) is 4.79 Å². The van der Waals surface area contributed by atoms with Gasteiger partial charge in [0.25, 0.3) is 0 Å². The van der Waals surface area contributed by atoms with E-state index >= 15 is 0 Å². The highest BCUT2D eigenvalue weighted by atomic mass is 16.5. The number of hydrogen-bond acceptors (Lipinski definition) is 2. The largest absolute Gasteiger partial charge is 0.456 e. The van der Waals surface area contributed by atoms with Gasteiger partial charge in [-0.25, -0.2) is 0 Å². The van der Waals surface area contributed by atoms with E-state index in [2.05, 4.69) is 25.1 Å². The van der Waals surface area contributed by atoms with Crippen LogP contribution in [0.3, 0.4) is 0 Å². The molecule has 0 saturated heterocycles. The van der Waals surface area contributed by atoms with Crippen LogP contribution in [0.2, 0.25) is 0 Å². The summed E-state index contributed by atoms with van der Waals surface area (Å²) in [6, 6.07) is 14.3. The molecule has 1 aliphatic heterocycles. The number of fused-ring (bicyclic) bond motifs is 4. The molecule has 1 heterocycles. The summed E-state index contributed by atoms with van der Waals surface area (Å²) in [7, 11) is 0. The molecule has 0 spiro atoms. The minimum atomic E-state index is 0.319. The molecule has 2 aliphatic rings. The van der Waals surface area contributed by atoms with E-state index in [1.54, 1.807) is 0 Å². The molecule has 0 saturated carbocycles. The summed E-state index contributed by atoms with van der Waals surface area (Å²) in [6.45, 7) is 2.09. The van der Waals surface area contributed by atoms with Gasteiger partial charge < -0.3 is 4.74 Å². The second-order valence-electron chi connectivity index (χ2n) is 5.77. The first-order valence-electron chi connectivity index (χ1n) is 7.34. The summed E-state index contributed by atoms with van der Waals surface area (Å²) in [5, 5.41) is 0. The molecule has 2 nitrogen and oxygen atoms in total. The molecule has 104 valence electrons. The number of rotatable bonds is 0. The Kier molecular flexibility index (Phi) is 2.71. The van der Waals surface area contributed by atoms with Crippen molar-refractivity contribution in [3.05, 3.63) is 59.2 Å². The number of benzene rings is 2. The molecule has 0 unspecified atom stereocenters. The monoisotopic (exact) mass is 276 g/mol. The number of para-hydroxylation sites is 1. The van der Waals surface area contributed by atoms with Crippen LogP contribution >= 0.6 is 0 Å². The van der Waals surface area contributed by atoms with E-state index in [4.69, 9.17) is 4.74 Å². The maximum Gasteiger partial charge on any atom is 0.137 e. The maximum atomic E-state index is 11.9. The van der Waals surface area contributed by atoms with Gasteiger partial charge in [-0.15, -0.1) is 0 Å². The van der Waals surface area contributed by atoms with Crippen molar-refractivity contribution < 1.29 is 9.53 Å². The van der Waals surface area contributed by atoms with Crippen LogP contribution in [0, 0.1) is 6.92 Å². The van der Waals surface area contributed by atoms with Crippen molar-refractivity contribution in [2.24, 2.45) is 0 Å². The Balaban J connectivity index is 2.04. The molecule has 2 aromatic rings. The molecule has 0 bridgehead atoms. The molecule has 2 heteroatoms. The molecule has 4 rings (SSSR count). The lowest BCUT2D eigenvalue weighted by Gasteiger charge is -2.19. The summed E-state index contributed by atoms with van der Waals surface area (Å²) < 4.78 is 6.13. The van der Waals surface area contributed by atoms with Gasteiger partial charge in [-0.2, -0.15) is 0 Å². The van der Waals surface area contributed by atoms with Gasteiger partial charge in [-0.05, 0) is 42.7 Å². The van der Waals surface area contributed by atoms with Crippen LogP contribution < -0.4 is 4.74 Å². The highest BCUT2D eigenvalue weighted by molar-refractivity contribution is 6.06. The van der Waals surface area contributed by atoms with Gasteiger partial charge in [0.1, 0.15) is 17.3 Å². The van der Waals surface area contributed by atoms with Crippen LogP contribution in [0.25, 0.3) is 11.1 Å². The molecule has 0 amide bonds. The third kappa shape index (κ3) is 1.99. The van der Waals surface area contributed by atoms with Gasteiger partial charge in [-0.1, -0.05) is 29.8 Å². The minimum Gasteiger partial charge on any atom is -0.456 e. The number of ether oxygens (including phenoxy) is 1. The maximum absolute atomic E-state index is 11.9. The summed E-state index contributed by atoms with van der Waals surface area (Å²) in [5.41, 5.74) is 5.85. The molecule has 0 atom stereocenters. The van der Waals surface area contributed by atoms with Gasteiger partial charge in [0.05, 0.1) is 0 Å². The predicted molar refractivity (Wildman–Crippen MR) is 83.4 cm³/mol. The lowest BCUT2D eigenvalue weighted by molar-refractivity contribution is -0.118. The van der Waals surface area contributed by atoms with E-state index in [9.17, 15) is 4.79 Å². The molecule has 0 fully saturated rings. The molecule has 1 aliphatic carbocycles. The first-order valence-corrected chi connectivity index (χ1v) is 7.34. The van der Waals surface area contributed by atoms with Crippen LogP contribution in [0.5, 0.6) is 11.5 Å². The van der Waals surface area contributed by atoms with Crippen molar-refractivity contribution in [1.29, 1.82) is 0 Å². The normalized spacial score (nSPS) is 16.5. The van der Waals surface area contributed by atoms with Crippen molar-refractivity contribution in [2.75, 3.05) is 0 Å². The lowest BCUT2D eigenvalue weighted by atomic mass is 9.83. The van der Waals surface area contributed by atoms with E-state index < -0.39 is 0 Å². The number of carbonyl (C=O) groups is 1. The molecular weight excluding hydrogens is 260 g/mol. The molecule has 0 N–H and O–H groups in total. The van der Waals surface area contributed by atoms with Crippen LogP contribution in [-0.4, -0.2) is 5.78 Å². The van der Waals surface area contributed by atoms with Crippen LogP contribution in [-0.2, 0) is 4.79 Å². The lowest BCUT2D eigenvalue weighted by Crippen LogP contribution is -2.08. The van der Waals surface area contributed by atoms with Crippen molar-refractivity contribution in [1.82, 2.24) is 0 Å². The highest BCUT2D eigenvalue weighted by Crippen LogP contribution is 2.47. The Bertz CT molecular complexity index is 784. The fourth-order valence-corrected chi connectivity index (χ4v) is 3.25. The average Bonchev–Trinajstić information content (AvgIpc) is 2.62. The number of aryl methyl sites for hydroxylation is 1. The molecule has 0 aromatic heterocycles. The predicted octanol–water partition coefficient (Wildman–Crippen LogP) is 4.76. The zero-order valence-corrected chi connectivity index (χ0v) is 12.0. The number of hydrogen-bond donors (Lipinski definition) is 0. The Morgan fingerprint density at radius 3 is 2.62 bits per heavy atom. The Morgan fingerprint density at radius 2 is 1.71 bits per heavy atom. The smallest absolute Gasteiger partial charge is 0.137 e. The second kappa shape index (κ2) is 4.59. The van der Waals surface area contributed by atoms with Gasteiger partial charge >= 0.3 is 0 Å². The Morgan fingerprint density at radius 1 is 0.905 bits per heavy atom. The number of ketones is 1. The summed E-state index contributed by atoms with van der Waals surface area (Å²) in [4.78, 5) is 11.9. The number of allylic oxidation sites excluding steroid dienone is 2. The van der Waals surface area contributed by atoms with Crippen LogP contribution in [0.4, 0.5) is 0 Å². The standard InChI is InChI=1S/C19H16O2/c1-12-6-9-19-17(10-12)14-8-7-13(20)11-16(14)15-4-2-3-5-18(15)21-19/h2-6,9-10H,7-8,11H2,1H3. The van der Waals surface area contributed by atoms with Gasteiger partial charge in [0.15, 0.2) is 0 Å². The van der Waals surface area contributed by atoms with E-state index in [0.717, 1.165) is 34.6 Å². The van der Waals surface area contributed by atoms with Crippen molar-refractivity contribution in [3.8, 4) is 11.5 Å². The third-order valence-electron chi connectivity index (χ3n) is 4.28. The topological polar surface area (TPSA) is 26.3 Å². The minimum absolute atomic E-state index is 0.319. The molecular formula is C19H16O2. The van der Waals surface area contributed by atoms with Crippen LogP contribution in [0.1, 0.15) is 36.0 Å². The van der Waals surface area contributed by atoms with Gasteiger partial charge in [0.2, 0.25) is 0 Å². The quantitative estimate of drug-likeness (QED) is 0.693. The second-order valence-corrected chi connectivity index (χ2v) is 5.77. The zero-order chi connectivity index (χ0) is 14.4. The number of carbonyl (C=O) groups excluding carboxylic acids is 1. The van der Waals surface area contributed by atoms with Crippen molar-refractivity contribution in [3.63, 3.8) is 0 Å². The van der Waals surface area contributed by atoms with E-state index in [1.807, 2.05) is 24.3 Å². The van der Waals surface area contributed by atoms with Crippen molar-refractivity contribution in [2.45, 2.75) is 26.2 Å². The SMILES string of the molecule is Cc1ccc2c(c1)C1=C(CC(=O)CC1)c1ccccc1O2. The Hall–Kier alpha value is -2.35. The van der Waals surface area contributed by atoms with E-state index in [-0.39, 0.29) is 0 Å². The Labute approximate surface area is 124 Å². The van der Waals surface area contributed by atoms with E-state index in [0.29, 0.717) is 18.6 Å². The number of Topliss-reactive ketones (excluding diaryl/α,β-unsaturated/α-hetero) is 1. The van der Waals surface area contributed by atoms with Gasteiger partial charge in [0, 0.05) is 24.0 Å². The molecule has 0 radical (unpaired) electrons. The van der Waals surface area contributed by atoms with Crippen molar-refractivity contribution >= 4 is 16.9 Å². The third-order valence-corrected chi connectivity index (χ3v) is 4.28. The fraction of sp³-hybridized carbons (Fsp3) is 0.211. The van der Waals surface area contributed by atoms with E-state index in [1.165, 1.54) is 11.1 Å². The fourth-order valence-electron chi connectivity index (χ4n) is 3.25. The highest BCUT2D eigenvalue weighted by Gasteiger charge is 2.27. The zero-order valence-electron chi connectivity index (χ0n) is 12.0. The first-order chi connectivity index (χ1) is 10.2. The summed E-state index contributed by atoms with van der Waals surface area (Å²) in [5.74, 6) is 2.06. The molecule has 2 aromatic carbocycles. The average molecular weight is 276 g/mol. The summed E-state index contributed by atoms with van der Waals surface area (Å²) in [6.07, 6.45) is 1.96.